The highest BCUT2D eigenvalue weighted by molar-refractivity contribution is 5.85. The molecule has 0 aliphatic heterocycles. The van der Waals surface area contributed by atoms with Crippen molar-refractivity contribution in [2.24, 2.45) is 5.73 Å². The van der Waals surface area contributed by atoms with Crippen LogP contribution in [-0.4, -0.2) is 14.8 Å². The lowest BCUT2D eigenvalue weighted by molar-refractivity contribution is 0.651. The molecule has 16 heavy (non-hydrogen) atoms. The quantitative estimate of drug-likeness (QED) is 0.876. The topological polar surface area (TPSA) is 56.7 Å². The highest BCUT2D eigenvalue weighted by atomic mass is 35.5. The van der Waals surface area contributed by atoms with Crippen LogP contribution < -0.4 is 5.73 Å². The van der Waals surface area contributed by atoms with E-state index in [0.717, 1.165) is 18.8 Å². The molecule has 5 heteroatoms. The lowest BCUT2D eigenvalue weighted by Gasteiger charge is -2.04. The van der Waals surface area contributed by atoms with E-state index >= 15 is 0 Å². The van der Waals surface area contributed by atoms with Gasteiger partial charge in [0.05, 0.1) is 6.54 Å². The summed E-state index contributed by atoms with van der Waals surface area (Å²) in [4.78, 5) is 0. The summed E-state index contributed by atoms with van der Waals surface area (Å²) in [6, 6.07) is 10.4. The Labute approximate surface area is 101 Å². The van der Waals surface area contributed by atoms with E-state index in [-0.39, 0.29) is 12.4 Å². The first kappa shape index (κ1) is 12.7. The predicted molar refractivity (Wildman–Crippen MR) is 65.3 cm³/mol. The van der Waals surface area contributed by atoms with E-state index in [1.807, 2.05) is 22.8 Å². The second-order valence-electron chi connectivity index (χ2n) is 3.38. The van der Waals surface area contributed by atoms with Gasteiger partial charge in [-0.15, -0.1) is 22.6 Å². The van der Waals surface area contributed by atoms with Gasteiger partial charge in [0.1, 0.15) is 12.2 Å². The smallest absolute Gasteiger partial charge is 0.146 e. The summed E-state index contributed by atoms with van der Waals surface area (Å²) in [6.45, 7) is 1.32. The van der Waals surface area contributed by atoms with Crippen LogP contribution in [0.3, 0.4) is 0 Å². The Bertz CT molecular complexity index is 413. The Morgan fingerprint density at radius 1 is 1.19 bits per heavy atom. The summed E-state index contributed by atoms with van der Waals surface area (Å²) in [5, 5.41) is 7.77. The number of halogens is 1. The van der Waals surface area contributed by atoms with Crippen LogP contribution in [0.2, 0.25) is 0 Å². The van der Waals surface area contributed by atoms with E-state index in [1.54, 1.807) is 6.33 Å². The summed E-state index contributed by atoms with van der Waals surface area (Å²) < 4.78 is 1.99. The van der Waals surface area contributed by atoms with Crippen LogP contribution in [0, 0.1) is 0 Å². The molecule has 4 nitrogen and oxygen atoms in total. The fourth-order valence-electron chi connectivity index (χ4n) is 1.52. The molecule has 0 saturated carbocycles. The highest BCUT2D eigenvalue weighted by Gasteiger charge is 2.01. The Hall–Kier alpha value is -1.39. The van der Waals surface area contributed by atoms with E-state index in [0.29, 0.717) is 6.54 Å². The molecule has 0 spiro atoms. The molecule has 2 rings (SSSR count). The molecule has 86 valence electrons. The first-order chi connectivity index (χ1) is 7.40. The maximum absolute atomic E-state index is 5.54. The van der Waals surface area contributed by atoms with Crippen LogP contribution >= 0.6 is 12.4 Å². The minimum absolute atomic E-state index is 0. The zero-order valence-corrected chi connectivity index (χ0v) is 9.73. The standard InChI is InChI=1S/C11H14N4.ClH/c12-8-11-14-13-9-15(11)7-6-10-4-2-1-3-5-10;/h1-5,9H,6-8,12H2;1H. The minimum atomic E-state index is 0. The number of aromatic nitrogens is 3. The molecule has 0 saturated heterocycles. The van der Waals surface area contributed by atoms with E-state index in [9.17, 15) is 0 Å². The largest absolute Gasteiger partial charge is 0.324 e. The minimum Gasteiger partial charge on any atom is -0.324 e. The van der Waals surface area contributed by atoms with Crippen molar-refractivity contribution in [1.29, 1.82) is 0 Å². The molecule has 1 heterocycles. The third kappa shape index (κ3) is 3.05. The summed E-state index contributed by atoms with van der Waals surface area (Å²) in [5.41, 5.74) is 6.85. The van der Waals surface area contributed by atoms with Gasteiger partial charge in [-0.2, -0.15) is 0 Å². The van der Waals surface area contributed by atoms with Gasteiger partial charge in [0.25, 0.3) is 0 Å². The molecule has 0 radical (unpaired) electrons. The Balaban J connectivity index is 0.00000128. The van der Waals surface area contributed by atoms with Crippen molar-refractivity contribution in [3.63, 3.8) is 0 Å². The number of benzene rings is 1. The van der Waals surface area contributed by atoms with E-state index < -0.39 is 0 Å². The zero-order chi connectivity index (χ0) is 10.5. The molecule has 0 aliphatic carbocycles. The van der Waals surface area contributed by atoms with Crippen molar-refractivity contribution in [2.75, 3.05) is 0 Å². The Morgan fingerprint density at radius 2 is 1.94 bits per heavy atom. The van der Waals surface area contributed by atoms with Crippen molar-refractivity contribution >= 4 is 12.4 Å². The summed E-state index contributed by atoms with van der Waals surface area (Å²) in [5.74, 6) is 0.839. The normalized spacial score (nSPS) is 9.81. The highest BCUT2D eigenvalue weighted by Crippen LogP contribution is 2.02. The SMILES string of the molecule is Cl.NCc1nncn1CCc1ccccc1. The molecule has 2 N–H and O–H groups in total. The lowest BCUT2D eigenvalue weighted by Crippen LogP contribution is -2.09. The number of nitrogens with two attached hydrogens (primary N) is 1. The number of hydrogen-bond acceptors (Lipinski definition) is 3. The second kappa shape index (κ2) is 6.25. The zero-order valence-electron chi connectivity index (χ0n) is 8.91. The molecule has 0 amide bonds. The molecule has 1 aromatic heterocycles. The van der Waals surface area contributed by atoms with Gasteiger partial charge in [-0.3, -0.25) is 0 Å². The first-order valence-corrected chi connectivity index (χ1v) is 5.01. The van der Waals surface area contributed by atoms with Crippen LogP contribution in [0.1, 0.15) is 11.4 Å². The molecule has 2 aromatic rings. The van der Waals surface area contributed by atoms with Gasteiger partial charge in [-0.1, -0.05) is 30.3 Å². The average Bonchev–Trinajstić information content (AvgIpc) is 2.75. The second-order valence-corrected chi connectivity index (χ2v) is 3.38. The lowest BCUT2D eigenvalue weighted by atomic mass is 10.1. The van der Waals surface area contributed by atoms with Crippen molar-refractivity contribution in [3.8, 4) is 0 Å². The van der Waals surface area contributed by atoms with Crippen LogP contribution in [0.5, 0.6) is 0 Å². The van der Waals surface area contributed by atoms with Crippen molar-refractivity contribution in [2.45, 2.75) is 19.5 Å². The molecule has 1 aromatic carbocycles. The van der Waals surface area contributed by atoms with Gasteiger partial charge >= 0.3 is 0 Å². The van der Waals surface area contributed by atoms with Crippen LogP contribution in [0.4, 0.5) is 0 Å². The fraction of sp³-hybridized carbons (Fsp3) is 0.273. The molecule has 0 atom stereocenters. The number of rotatable bonds is 4. The van der Waals surface area contributed by atoms with E-state index in [4.69, 9.17) is 5.73 Å². The third-order valence-corrected chi connectivity index (χ3v) is 2.36. The first-order valence-electron chi connectivity index (χ1n) is 5.01. The molecule has 0 fully saturated rings. The van der Waals surface area contributed by atoms with Crippen LogP contribution in [0.25, 0.3) is 0 Å². The Kier molecular flexibility index (Phi) is 4.95. The summed E-state index contributed by atoms with van der Waals surface area (Å²) >= 11 is 0. The number of aryl methyl sites for hydroxylation is 2. The van der Waals surface area contributed by atoms with Crippen molar-refractivity contribution in [3.05, 3.63) is 48.0 Å². The summed E-state index contributed by atoms with van der Waals surface area (Å²) in [7, 11) is 0. The van der Waals surface area contributed by atoms with E-state index in [2.05, 4.69) is 22.3 Å². The van der Waals surface area contributed by atoms with Crippen LogP contribution in [-0.2, 0) is 19.5 Å². The number of nitrogens with zero attached hydrogens (tertiary/aromatic N) is 3. The van der Waals surface area contributed by atoms with Crippen molar-refractivity contribution < 1.29 is 0 Å². The number of hydrogen-bond donors (Lipinski definition) is 1. The van der Waals surface area contributed by atoms with Crippen LogP contribution in [0.15, 0.2) is 36.7 Å². The third-order valence-electron chi connectivity index (χ3n) is 2.36. The molecule has 0 unspecified atom stereocenters. The van der Waals surface area contributed by atoms with Crippen molar-refractivity contribution in [1.82, 2.24) is 14.8 Å². The van der Waals surface area contributed by atoms with Gasteiger partial charge in [-0.05, 0) is 12.0 Å². The van der Waals surface area contributed by atoms with Gasteiger partial charge < -0.3 is 10.3 Å². The van der Waals surface area contributed by atoms with E-state index in [1.165, 1.54) is 5.56 Å². The molecule has 0 bridgehead atoms. The average molecular weight is 239 g/mol. The molecular weight excluding hydrogens is 224 g/mol. The fourth-order valence-corrected chi connectivity index (χ4v) is 1.52. The molecule has 0 aliphatic rings. The van der Waals surface area contributed by atoms with Gasteiger partial charge in [-0.25, -0.2) is 0 Å². The summed E-state index contributed by atoms with van der Waals surface area (Å²) in [6.07, 6.45) is 2.71. The predicted octanol–water partition coefficient (Wildman–Crippen LogP) is 1.40. The van der Waals surface area contributed by atoms with Gasteiger partial charge in [0, 0.05) is 6.54 Å². The van der Waals surface area contributed by atoms with Gasteiger partial charge in [0.15, 0.2) is 0 Å². The monoisotopic (exact) mass is 238 g/mol. The maximum Gasteiger partial charge on any atom is 0.146 e. The Morgan fingerprint density at radius 3 is 2.62 bits per heavy atom. The molecular formula is C11H15ClN4. The van der Waals surface area contributed by atoms with Gasteiger partial charge in [0.2, 0.25) is 0 Å². The maximum atomic E-state index is 5.54.